The molecule has 70 valence electrons. The molecule has 12 heavy (non-hydrogen) atoms. The van der Waals surface area contributed by atoms with Crippen molar-refractivity contribution in [2.75, 3.05) is 0 Å². The molecular formula is C9H15ClO2. The number of alkyl halides is 1. The van der Waals surface area contributed by atoms with E-state index in [2.05, 4.69) is 6.58 Å². The zero-order valence-corrected chi connectivity index (χ0v) is 7.89. The van der Waals surface area contributed by atoms with Crippen molar-refractivity contribution in [2.45, 2.75) is 37.5 Å². The summed E-state index contributed by atoms with van der Waals surface area (Å²) in [5.41, 5.74) is 0. The predicted octanol–water partition coefficient (Wildman–Crippen LogP) is 2.81. The molecule has 2 nitrogen and oxygen atoms in total. The summed E-state index contributed by atoms with van der Waals surface area (Å²) in [7, 11) is 0. The maximum Gasteiger partial charge on any atom is 0.327 e. The van der Waals surface area contributed by atoms with Crippen molar-refractivity contribution >= 4 is 17.6 Å². The highest BCUT2D eigenvalue weighted by atomic mass is 35.5. The van der Waals surface area contributed by atoms with Crippen molar-refractivity contribution in [3.05, 3.63) is 12.7 Å². The third-order valence-electron chi connectivity index (χ3n) is 1.71. The molecule has 0 aromatic rings. The van der Waals surface area contributed by atoms with Crippen molar-refractivity contribution < 1.29 is 9.90 Å². The zero-order valence-electron chi connectivity index (χ0n) is 7.13. The SMILES string of the molecule is C=CC(=O)O.ClC1CCCCC1. The second kappa shape index (κ2) is 7.17. The van der Waals surface area contributed by atoms with Gasteiger partial charge in [-0.15, -0.1) is 11.6 Å². The molecule has 0 unspecified atom stereocenters. The van der Waals surface area contributed by atoms with E-state index in [0.717, 1.165) is 6.08 Å². The van der Waals surface area contributed by atoms with Gasteiger partial charge < -0.3 is 5.11 Å². The third-order valence-corrected chi connectivity index (χ3v) is 2.15. The Morgan fingerprint density at radius 1 is 1.42 bits per heavy atom. The van der Waals surface area contributed by atoms with Gasteiger partial charge in [0, 0.05) is 11.5 Å². The standard InChI is InChI=1S/C6H11Cl.C3H4O2/c7-6-4-2-1-3-5-6;1-2-3(4)5/h6H,1-5H2;2H,1H2,(H,4,5). The van der Waals surface area contributed by atoms with E-state index < -0.39 is 5.97 Å². The highest BCUT2D eigenvalue weighted by Gasteiger charge is 2.08. The molecule has 0 aliphatic heterocycles. The minimum absolute atomic E-state index is 0.508. The first kappa shape index (κ1) is 11.5. The Labute approximate surface area is 78.2 Å². The van der Waals surface area contributed by atoms with Gasteiger partial charge in [0.05, 0.1) is 0 Å². The van der Waals surface area contributed by atoms with Gasteiger partial charge in [-0.2, -0.15) is 0 Å². The Balaban J connectivity index is 0.000000217. The summed E-state index contributed by atoms with van der Waals surface area (Å²) in [5, 5.41) is 8.11. The van der Waals surface area contributed by atoms with Crippen molar-refractivity contribution in [1.82, 2.24) is 0 Å². The van der Waals surface area contributed by atoms with Gasteiger partial charge in [0.2, 0.25) is 0 Å². The molecule has 1 rings (SSSR count). The molecule has 0 spiro atoms. The Morgan fingerprint density at radius 2 is 1.83 bits per heavy atom. The number of carbonyl (C=O) groups is 1. The molecule has 1 aliphatic rings. The van der Waals surface area contributed by atoms with E-state index in [0.29, 0.717) is 5.38 Å². The maximum absolute atomic E-state index is 9.25. The van der Waals surface area contributed by atoms with Crippen molar-refractivity contribution in [1.29, 1.82) is 0 Å². The minimum Gasteiger partial charge on any atom is -0.478 e. The van der Waals surface area contributed by atoms with Crippen molar-refractivity contribution in [3.63, 3.8) is 0 Å². The lowest BCUT2D eigenvalue weighted by atomic mass is 10.0. The highest BCUT2D eigenvalue weighted by Crippen LogP contribution is 2.21. The quantitative estimate of drug-likeness (QED) is 0.510. The Morgan fingerprint density at radius 3 is 2.00 bits per heavy atom. The highest BCUT2D eigenvalue weighted by molar-refractivity contribution is 6.20. The molecule has 0 bridgehead atoms. The first-order chi connectivity index (χ1) is 5.66. The van der Waals surface area contributed by atoms with E-state index in [1.165, 1.54) is 32.1 Å². The van der Waals surface area contributed by atoms with Crippen LogP contribution in [-0.2, 0) is 4.79 Å². The van der Waals surface area contributed by atoms with Crippen LogP contribution in [0.4, 0.5) is 0 Å². The van der Waals surface area contributed by atoms with Gasteiger partial charge in [-0.1, -0.05) is 25.8 Å². The molecule has 1 aliphatic carbocycles. The summed E-state index contributed by atoms with van der Waals surface area (Å²) in [6.45, 7) is 2.96. The van der Waals surface area contributed by atoms with Crippen LogP contribution in [0.1, 0.15) is 32.1 Å². The summed E-state index contributed by atoms with van der Waals surface area (Å²) >= 11 is 5.82. The van der Waals surface area contributed by atoms with Crippen LogP contribution in [0.5, 0.6) is 0 Å². The number of halogens is 1. The van der Waals surface area contributed by atoms with Crippen molar-refractivity contribution in [2.24, 2.45) is 0 Å². The summed E-state index contributed by atoms with van der Waals surface area (Å²) in [4.78, 5) is 9.25. The number of carboxylic acid groups (broad SMARTS) is 1. The summed E-state index contributed by atoms with van der Waals surface area (Å²) in [6.07, 6.45) is 7.45. The molecule has 0 heterocycles. The van der Waals surface area contributed by atoms with Gasteiger partial charge in [0.25, 0.3) is 0 Å². The Hall–Kier alpha value is -0.500. The van der Waals surface area contributed by atoms with Crippen LogP contribution in [0.2, 0.25) is 0 Å². The molecular weight excluding hydrogens is 176 g/mol. The van der Waals surface area contributed by atoms with E-state index in [9.17, 15) is 4.79 Å². The van der Waals surface area contributed by atoms with E-state index in [4.69, 9.17) is 16.7 Å². The van der Waals surface area contributed by atoms with Gasteiger partial charge in [-0.3, -0.25) is 0 Å². The van der Waals surface area contributed by atoms with E-state index in [1.807, 2.05) is 0 Å². The van der Waals surface area contributed by atoms with E-state index >= 15 is 0 Å². The molecule has 1 fully saturated rings. The molecule has 0 saturated heterocycles. The fraction of sp³-hybridized carbons (Fsp3) is 0.667. The maximum atomic E-state index is 9.25. The zero-order chi connectivity index (χ0) is 9.40. The second-order valence-corrected chi connectivity index (χ2v) is 3.39. The van der Waals surface area contributed by atoms with Crippen LogP contribution in [-0.4, -0.2) is 16.5 Å². The average molecular weight is 191 g/mol. The van der Waals surface area contributed by atoms with Crippen LogP contribution < -0.4 is 0 Å². The number of rotatable bonds is 1. The topological polar surface area (TPSA) is 37.3 Å². The summed E-state index contributed by atoms with van der Waals surface area (Å²) < 4.78 is 0. The molecule has 0 radical (unpaired) electrons. The average Bonchev–Trinajstić information content (AvgIpc) is 2.07. The van der Waals surface area contributed by atoms with Crippen LogP contribution in [0, 0.1) is 0 Å². The van der Waals surface area contributed by atoms with Gasteiger partial charge >= 0.3 is 5.97 Å². The van der Waals surface area contributed by atoms with Gasteiger partial charge in [-0.05, 0) is 12.8 Å². The van der Waals surface area contributed by atoms with Crippen LogP contribution in [0.15, 0.2) is 12.7 Å². The first-order valence-electron chi connectivity index (χ1n) is 4.16. The summed E-state index contributed by atoms with van der Waals surface area (Å²) in [6, 6.07) is 0. The number of aliphatic carboxylic acids is 1. The fourth-order valence-corrected chi connectivity index (χ4v) is 1.36. The van der Waals surface area contributed by atoms with Crippen molar-refractivity contribution in [3.8, 4) is 0 Å². The summed E-state index contributed by atoms with van der Waals surface area (Å²) in [5.74, 6) is -0.981. The number of hydrogen-bond donors (Lipinski definition) is 1. The fourth-order valence-electron chi connectivity index (χ4n) is 1.05. The minimum atomic E-state index is -0.981. The largest absolute Gasteiger partial charge is 0.478 e. The molecule has 0 aromatic carbocycles. The lowest BCUT2D eigenvalue weighted by Gasteiger charge is -2.13. The smallest absolute Gasteiger partial charge is 0.327 e. The molecule has 0 amide bonds. The third kappa shape index (κ3) is 7.61. The lowest BCUT2D eigenvalue weighted by Crippen LogP contribution is -2.03. The van der Waals surface area contributed by atoms with Gasteiger partial charge in [0.15, 0.2) is 0 Å². The Bertz CT molecular complexity index is 139. The molecule has 1 N–H and O–H groups in total. The lowest BCUT2D eigenvalue weighted by molar-refractivity contribution is -0.131. The molecule has 3 heteroatoms. The second-order valence-electron chi connectivity index (χ2n) is 2.78. The normalized spacial score (nSPS) is 17.4. The van der Waals surface area contributed by atoms with Crippen LogP contribution in [0.25, 0.3) is 0 Å². The van der Waals surface area contributed by atoms with Gasteiger partial charge in [0.1, 0.15) is 0 Å². The predicted molar refractivity (Wildman–Crippen MR) is 50.6 cm³/mol. The molecule has 0 aromatic heterocycles. The number of hydrogen-bond acceptors (Lipinski definition) is 1. The Kier molecular flexibility index (Phi) is 6.87. The van der Waals surface area contributed by atoms with Gasteiger partial charge in [-0.25, -0.2) is 4.79 Å². The van der Waals surface area contributed by atoms with Crippen LogP contribution in [0.3, 0.4) is 0 Å². The van der Waals surface area contributed by atoms with E-state index in [-0.39, 0.29) is 0 Å². The molecule has 1 saturated carbocycles. The first-order valence-corrected chi connectivity index (χ1v) is 4.60. The monoisotopic (exact) mass is 190 g/mol. The number of carboxylic acids is 1. The van der Waals surface area contributed by atoms with E-state index in [1.54, 1.807) is 0 Å². The molecule has 0 atom stereocenters. The van der Waals surface area contributed by atoms with Crippen LogP contribution >= 0.6 is 11.6 Å².